The van der Waals surface area contributed by atoms with Gasteiger partial charge in [0.1, 0.15) is 17.1 Å². The summed E-state index contributed by atoms with van der Waals surface area (Å²) in [5, 5.41) is 4.28. The van der Waals surface area contributed by atoms with E-state index < -0.39 is 5.97 Å². The highest BCUT2D eigenvalue weighted by Crippen LogP contribution is 2.39. The molecule has 27 heavy (non-hydrogen) atoms. The third kappa shape index (κ3) is 3.59. The van der Waals surface area contributed by atoms with Crippen LogP contribution in [0.3, 0.4) is 0 Å². The molecule has 1 N–H and O–H groups in total. The second kappa shape index (κ2) is 7.67. The molecule has 0 bridgehead atoms. The van der Waals surface area contributed by atoms with Crippen LogP contribution in [0.2, 0.25) is 5.02 Å². The van der Waals surface area contributed by atoms with Crippen LogP contribution in [-0.2, 0) is 4.74 Å². The van der Waals surface area contributed by atoms with Crippen LogP contribution in [0.15, 0.2) is 30.5 Å². The Morgan fingerprint density at radius 1 is 1.11 bits per heavy atom. The van der Waals surface area contributed by atoms with E-state index in [4.69, 9.17) is 25.8 Å². The normalized spacial score (nSPS) is 10.6. The molecule has 2 aromatic heterocycles. The van der Waals surface area contributed by atoms with Crippen molar-refractivity contribution >= 4 is 40.0 Å². The van der Waals surface area contributed by atoms with Crippen LogP contribution < -0.4 is 14.8 Å². The Hall–Kier alpha value is -3.06. The predicted octanol–water partition coefficient (Wildman–Crippen LogP) is 4.14. The number of pyridine rings is 2. The van der Waals surface area contributed by atoms with Gasteiger partial charge in [-0.3, -0.25) is 0 Å². The minimum absolute atomic E-state index is 0.268. The quantitative estimate of drug-likeness (QED) is 0.659. The summed E-state index contributed by atoms with van der Waals surface area (Å²) < 4.78 is 15.5. The fraction of sp³-hybridized carbons (Fsp3) is 0.211. The molecular formula is C19H18ClN3O4. The van der Waals surface area contributed by atoms with Gasteiger partial charge in [-0.25, -0.2) is 14.8 Å². The fourth-order valence-electron chi connectivity index (χ4n) is 2.66. The van der Waals surface area contributed by atoms with Crippen LogP contribution in [0.4, 0.5) is 11.4 Å². The van der Waals surface area contributed by atoms with E-state index in [2.05, 4.69) is 15.3 Å². The third-order valence-electron chi connectivity index (χ3n) is 4.01. The number of hydrogen-bond donors (Lipinski definition) is 1. The molecule has 8 heteroatoms. The van der Waals surface area contributed by atoms with Gasteiger partial charge in [-0.1, -0.05) is 11.6 Å². The van der Waals surface area contributed by atoms with Gasteiger partial charge in [0.15, 0.2) is 5.65 Å². The van der Waals surface area contributed by atoms with Crippen LogP contribution in [0.25, 0.3) is 11.0 Å². The largest absolute Gasteiger partial charge is 0.495 e. The van der Waals surface area contributed by atoms with Gasteiger partial charge in [-0.15, -0.1) is 0 Å². The number of aromatic nitrogens is 2. The van der Waals surface area contributed by atoms with Crippen molar-refractivity contribution in [3.05, 3.63) is 46.7 Å². The predicted molar refractivity (Wildman–Crippen MR) is 103 cm³/mol. The molecule has 0 saturated heterocycles. The smallest absolute Gasteiger partial charge is 0.341 e. The molecule has 3 aromatic rings. The van der Waals surface area contributed by atoms with Gasteiger partial charge in [0, 0.05) is 23.3 Å². The summed E-state index contributed by atoms with van der Waals surface area (Å²) in [7, 11) is 4.37. The zero-order valence-corrected chi connectivity index (χ0v) is 16.0. The summed E-state index contributed by atoms with van der Waals surface area (Å²) in [5.74, 6) is 0.451. The minimum atomic E-state index is -0.522. The molecule has 0 spiro atoms. The van der Waals surface area contributed by atoms with Crippen molar-refractivity contribution in [2.45, 2.75) is 6.92 Å². The number of hydrogen-bond acceptors (Lipinski definition) is 7. The van der Waals surface area contributed by atoms with Crippen molar-refractivity contribution in [1.82, 2.24) is 9.97 Å². The topological polar surface area (TPSA) is 82.6 Å². The van der Waals surface area contributed by atoms with Crippen LogP contribution in [-0.4, -0.2) is 37.3 Å². The van der Waals surface area contributed by atoms with Gasteiger partial charge in [-0.05, 0) is 25.1 Å². The van der Waals surface area contributed by atoms with E-state index in [-0.39, 0.29) is 5.56 Å². The number of aryl methyl sites for hydroxylation is 1. The molecule has 0 radical (unpaired) electrons. The number of benzene rings is 1. The van der Waals surface area contributed by atoms with Crippen molar-refractivity contribution in [3.63, 3.8) is 0 Å². The number of ether oxygens (including phenoxy) is 3. The molecule has 0 aliphatic carbocycles. The lowest BCUT2D eigenvalue weighted by molar-refractivity contribution is 0.0601. The number of nitrogens with zero attached hydrogens (tertiary/aromatic N) is 2. The van der Waals surface area contributed by atoms with E-state index in [1.807, 2.05) is 19.1 Å². The first kappa shape index (κ1) is 18.7. The summed E-state index contributed by atoms with van der Waals surface area (Å²) in [6.45, 7) is 1.87. The molecule has 0 atom stereocenters. The first-order valence-corrected chi connectivity index (χ1v) is 8.39. The molecule has 0 fully saturated rings. The highest BCUT2D eigenvalue weighted by Gasteiger charge is 2.19. The first-order chi connectivity index (χ1) is 13.0. The molecule has 7 nitrogen and oxygen atoms in total. The molecule has 0 aliphatic heterocycles. The van der Waals surface area contributed by atoms with Crippen LogP contribution in [0.1, 0.15) is 16.1 Å². The molecule has 0 unspecified atom stereocenters. The molecule has 1 aromatic carbocycles. The number of nitrogens with one attached hydrogen (secondary N) is 1. The number of esters is 1. The SMILES string of the molecule is COC(=O)c1cnc2nc(C)ccc2c1Nc1cc(Cl)c(OC)cc1OC. The molecule has 0 amide bonds. The van der Waals surface area contributed by atoms with E-state index in [0.29, 0.717) is 38.9 Å². The number of rotatable bonds is 5. The summed E-state index contributed by atoms with van der Waals surface area (Å²) in [4.78, 5) is 20.9. The average molecular weight is 388 g/mol. The Labute approximate surface area is 161 Å². The zero-order chi connectivity index (χ0) is 19.6. The molecular weight excluding hydrogens is 370 g/mol. The fourth-order valence-corrected chi connectivity index (χ4v) is 2.90. The lowest BCUT2D eigenvalue weighted by atomic mass is 10.1. The Bertz CT molecular complexity index is 1020. The van der Waals surface area contributed by atoms with Crippen LogP contribution in [0, 0.1) is 6.92 Å². The van der Waals surface area contributed by atoms with Crippen LogP contribution in [0.5, 0.6) is 11.5 Å². The summed E-state index contributed by atoms with van der Waals surface area (Å²) in [6.07, 6.45) is 1.43. The number of anilines is 2. The van der Waals surface area contributed by atoms with Gasteiger partial charge < -0.3 is 19.5 Å². The van der Waals surface area contributed by atoms with Gasteiger partial charge in [0.05, 0.1) is 37.7 Å². The lowest BCUT2D eigenvalue weighted by Crippen LogP contribution is -2.08. The third-order valence-corrected chi connectivity index (χ3v) is 4.30. The van der Waals surface area contributed by atoms with Crippen LogP contribution >= 0.6 is 11.6 Å². The summed E-state index contributed by atoms with van der Waals surface area (Å²) in [5.41, 5.74) is 2.64. The van der Waals surface area contributed by atoms with Crippen molar-refractivity contribution in [3.8, 4) is 11.5 Å². The minimum Gasteiger partial charge on any atom is -0.495 e. The Morgan fingerprint density at radius 3 is 2.52 bits per heavy atom. The van der Waals surface area contributed by atoms with Crippen molar-refractivity contribution in [1.29, 1.82) is 0 Å². The number of methoxy groups -OCH3 is 3. The van der Waals surface area contributed by atoms with E-state index in [1.54, 1.807) is 12.1 Å². The monoisotopic (exact) mass is 387 g/mol. The number of carbonyl (C=O) groups is 1. The van der Waals surface area contributed by atoms with E-state index in [1.165, 1.54) is 27.5 Å². The molecule has 140 valence electrons. The van der Waals surface area contributed by atoms with Gasteiger partial charge in [0.25, 0.3) is 0 Å². The summed E-state index contributed by atoms with van der Waals surface area (Å²) in [6, 6.07) is 7.01. The lowest BCUT2D eigenvalue weighted by Gasteiger charge is -2.17. The number of carbonyl (C=O) groups excluding carboxylic acids is 1. The average Bonchev–Trinajstić information content (AvgIpc) is 2.67. The second-order valence-electron chi connectivity index (χ2n) is 5.67. The Morgan fingerprint density at radius 2 is 1.85 bits per heavy atom. The van der Waals surface area contributed by atoms with E-state index in [9.17, 15) is 4.79 Å². The highest BCUT2D eigenvalue weighted by atomic mass is 35.5. The highest BCUT2D eigenvalue weighted by molar-refractivity contribution is 6.32. The maximum atomic E-state index is 12.3. The zero-order valence-electron chi connectivity index (χ0n) is 15.3. The number of fused-ring (bicyclic) bond motifs is 1. The Kier molecular flexibility index (Phi) is 5.32. The first-order valence-electron chi connectivity index (χ1n) is 8.01. The van der Waals surface area contributed by atoms with Gasteiger partial charge >= 0.3 is 5.97 Å². The maximum absolute atomic E-state index is 12.3. The van der Waals surface area contributed by atoms with Gasteiger partial charge in [0.2, 0.25) is 0 Å². The van der Waals surface area contributed by atoms with Gasteiger partial charge in [-0.2, -0.15) is 0 Å². The maximum Gasteiger partial charge on any atom is 0.341 e. The van der Waals surface area contributed by atoms with Crippen molar-refractivity contribution in [2.75, 3.05) is 26.6 Å². The Balaban J connectivity index is 2.21. The van der Waals surface area contributed by atoms with Crippen molar-refractivity contribution in [2.24, 2.45) is 0 Å². The van der Waals surface area contributed by atoms with E-state index >= 15 is 0 Å². The molecule has 0 saturated carbocycles. The molecule has 3 rings (SSSR count). The second-order valence-corrected chi connectivity index (χ2v) is 6.08. The molecule has 2 heterocycles. The van der Waals surface area contributed by atoms with E-state index in [0.717, 1.165) is 5.69 Å². The standard InChI is InChI=1S/C19H18ClN3O4/c1-10-5-6-11-17(12(19(24)27-4)9-21-18(11)22-10)23-14-7-13(20)15(25-2)8-16(14)26-3/h5-9H,1-4H3,(H,21,22,23). The van der Waals surface area contributed by atoms with Crippen molar-refractivity contribution < 1.29 is 19.0 Å². The molecule has 0 aliphatic rings. The number of halogens is 1. The summed E-state index contributed by atoms with van der Waals surface area (Å²) >= 11 is 6.26.